The van der Waals surface area contributed by atoms with Crippen molar-refractivity contribution in [1.29, 1.82) is 0 Å². The summed E-state index contributed by atoms with van der Waals surface area (Å²) in [6, 6.07) is 0.859. The normalized spacial score (nSPS) is 15.4. The van der Waals surface area contributed by atoms with Crippen LogP contribution in [0.25, 0.3) is 0 Å². The van der Waals surface area contributed by atoms with Crippen LogP contribution in [0.3, 0.4) is 0 Å². The van der Waals surface area contributed by atoms with Crippen molar-refractivity contribution in [2.75, 3.05) is 13.2 Å². The first-order valence-electron chi connectivity index (χ1n) is 14.3. The van der Waals surface area contributed by atoms with Gasteiger partial charge in [-0.15, -0.1) is 0 Å². The lowest BCUT2D eigenvalue weighted by atomic mass is 9.99. The third-order valence-corrected chi connectivity index (χ3v) is 6.99. The first-order valence-corrected chi connectivity index (χ1v) is 14.3. The monoisotopic (exact) mass is 459 g/mol. The highest BCUT2D eigenvalue weighted by molar-refractivity contribution is 4.67. The maximum Gasteiger partial charge on any atom is 0.130 e. The lowest BCUT2D eigenvalue weighted by molar-refractivity contribution is -0.691. The van der Waals surface area contributed by atoms with Crippen LogP contribution in [0.15, 0.2) is 0 Å². The average Bonchev–Trinajstić information content (AvgIpc) is 3.58. The summed E-state index contributed by atoms with van der Waals surface area (Å²) in [6.45, 7) is 6.83. The highest BCUT2D eigenvalue weighted by atomic mass is 35.5. The van der Waals surface area contributed by atoms with Gasteiger partial charge in [0.05, 0.1) is 12.6 Å². The first kappa shape index (κ1) is 31.2. The summed E-state index contributed by atoms with van der Waals surface area (Å²) in [7, 11) is 0. The van der Waals surface area contributed by atoms with Crippen LogP contribution in [0.2, 0.25) is 0 Å². The molecular formula is C28H58ClNO. The van der Waals surface area contributed by atoms with Crippen molar-refractivity contribution < 1.29 is 22.5 Å². The third kappa shape index (κ3) is 23.2. The fourth-order valence-electron chi connectivity index (χ4n) is 4.72. The lowest BCUT2D eigenvalue weighted by Crippen LogP contribution is -3.00. The summed E-state index contributed by atoms with van der Waals surface area (Å²) >= 11 is 0. The average molecular weight is 460 g/mol. The first-order chi connectivity index (χ1) is 14.9. The Kier molecular flexibility index (Phi) is 25.0. The van der Waals surface area contributed by atoms with Gasteiger partial charge in [-0.1, -0.05) is 129 Å². The molecule has 188 valence electrons. The molecule has 0 aromatic heterocycles. The number of ether oxygens (including phenoxy) is 1. The van der Waals surface area contributed by atoms with Crippen molar-refractivity contribution in [3.63, 3.8) is 0 Å². The molecule has 0 bridgehead atoms. The van der Waals surface area contributed by atoms with Crippen LogP contribution in [0.5, 0.6) is 0 Å². The van der Waals surface area contributed by atoms with E-state index in [1.54, 1.807) is 0 Å². The molecule has 0 spiro atoms. The lowest BCUT2D eigenvalue weighted by Gasteiger charge is -2.15. The largest absolute Gasteiger partial charge is 1.00 e. The number of hydrogen-bond donors (Lipinski definition) is 1. The fraction of sp³-hybridized carbons (Fsp3) is 1.00. The van der Waals surface area contributed by atoms with Crippen LogP contribution in [0, 0.1) is 0 Å². The number of unbranched alkanes of at least 4 members (excludes halogenated alkanes) is 18. The number of nitrogens with two attached hydrogens (primary N) is 1. The second-order valence-corrected chi connectivity index (χ2v) is 10.1. The zero-order chi connectivity index (χ0) is 21.5. The maximum absolute atomic E-state index is 5.44. The molecule has 1 aliphatic heterocycles. The highest BCUT2D eigenvalue weighted by Gasteiger charge is 2.25. The van der Waals surface area contributed by atoms with E-state index in [1.165, 1.54) is 148 Å². The molecule has 0 aliphatic carbocycles. The van der Waals surface area contributed by atoms with Gasteiger partial charge < -0.3 is 22.5 Å². The van der Waals surface area contributed by atoms with Crippen molar-refractivity contribution in [1.82, 2.24) is 0 Å². The van der Waals surface area contributed by atoms with Gasteiger partial charge in [-0.25, -0.2) is 0 Å². The molecule has 3 heteroatoms. The van der Waals surface area contributed by atoms with Gasteiger partial charge in [0.25, 0.3) is 0 Å². The Morgan fingerprint density at radius 2 is 0.903 bits per heavy atom. The van der Waals surface area contributed by atoms with Gasteiger partial charge in [0, 0.05) is 0 Å². The highest BCUT2D eigenvalue weighted by Crippen LogP contribution is 2.15. The van der Waals surface area contributed by atoms with Gasteiger partial charge in [0.15, 0.2) is 0 Å². The number of rotatable bonds is 25. The van der Waals surface area contributed by atoms with Crippen molar-refractivity contribution in [2.45, 2.75) is 167 Å². The number of quaternary nitrogens is 1. The zero-order valence-electron chi connectivity index (χ0n) is 21.5. The molecule has 1 fully saturated rings. The van der Waals surface area contributed by atoms with Gasteiger partial charge >= 0.3 is 0 Å². The maximum atomic E-state index is 5.44. The molecule has 2 N–H and O–H groups in total. The van der Waals surface area contributed by atoms with Gasteiger partial charge in [-0.05, 0) is 25.7 Å². The summed E-state index contributed by atoms with van der Waals surface area (Å²) in [5.74, 6) is 0. The zero-order valence-corrected chi connectivity index (χ0v) is 22.2. The molecular weight excluding hydrogens is 402 g/mol. The molecule has 31 heavy (non-hydrogen) atoms. The van der Waals surface area contributed by atoms with E-state index < -0.39 is 0 Å². The van der Waals surface area contributed by atoms with E-state index in [0.29, 0.717) is 6.10 Å². The number of epoxide rings is 1. The SMILES string of the molecule is CCCCCCCCCCCCC(CCCCCCCCCCCC)[NH2+]CC1CO1.[Cl-]. The minimum absolute atomic E-state index is 0. The van der Waals surface area contributed by atoms with E-state index in [-0.39, 0.29) is 12.4 Å². The van der Waals surface area contributed by atoms with Crippen LogP contribution >= 0.6 is 0 Å². The number of hydrogen-bond acceptors (Lipinski definition) is 1. The van der Waals surface area contributed by atoms with Crippen LogP contribution in [-0.4, -0.2) is 25.3 Å². The van der Waals surface area contributed by atoms with E-state index in [9.17, 15) is 0 Å². The molecule has 2 nitrogen and oxygen atoms in total. The Morgan fingerprint density at radius 1 is 0.581 bits per heavy atom. The summed E-state index contributed by atoms with van der Waals surface area (Å²) in [6.07, 6.45) is 32.4. The fourth-order valence-corrected chi connectivity index (χ4v) is 4.72. The molecule has 1 unspecified atom stereocenters. The van der Waals surface area contributed by atoms with Crippen LogP contribution in [-0.2, 0) is 4.74 Å². The quantitative estimate of drug-likeness (QED) is 0.152. The Labute approximate surface area is 202 Å². The Morgan fingerprint density at radius 3 is 1.23 bits per heavy atom. The van der Waals surface area contributed by atoms with E-state index >= 15 is 0 Å². The van der Waals surface area contributed by atoms with Gasteiger partial charge in [-0.3, -0.25) is 0 Å². The molecule has 0 amide bonds. The molecule has 1 atom stereocenters. The Bertz CT molecular complexity index is 311. The Hall–Kier alpha value is 0.210. The summed E-state index contributed by atoms with van der Waals surface area (Å²) < 4.78 is 5.44. The summed E-state index contributed by atoms with van der Waals surface area (Å²) in [4.78, 5) is 0. The molecule has 0 aromatic carbocycles. The van der Waals surface area contributed by atoms with E-state index in [2.05, 4.69) is 19.2 Å². The van der Waals surface area contributed by atoms with Crippen molar-refractivity contribution >= 4 is 0 Å². The van der Waals surface area contributed by atoms with Crippen LogP contribution in [0.4, 0.5) is 0 Å². The Balaban J connectivity index is 0.00000900. The molecule has 1 aliphatic rings. The van der Waals surface area contributed by atoms with E-state index in [0.717, 1.165) is 12.6 Å². The van der Waals surface area contributed by atoms with Gasteiger partial charge in [-0.2, -0.15) is 0 Å². The van der Waals surface area contributed by atoms with E-state index in [1.807, 2.05) is 0 Å². The molecule has 1 rings (SSSR count). The smallest absolute Gasteiger partial charge is 0.130 e. The predicted molar refractivity (Wildman–Crippen MR) is 133 cm³/mol. The topological polar surface area (TPSA) is 29.1 Å². The van der Waals surface area contributed by atoms with Crippen molar-refractivity contribution in [3.05, 3.63) is 0 Å². The molecule has 0 saturated carbocycles. The standard InChI is InChI=1S/C28H57NO.ClH/c1-3-5-7-9-11-13-15-17-19-21-23-27(29-25-28-26-30-28)24-22-20-18-16-14-12-10-8-6-4-2;/h27-29H,3-26H2,1-2H3;1H. The van der Waals surface area contributed by atoms with Gasteiger partial charge in [0.1, 0.15) is 12.6 Å². The van der Waals surface area contributed by atoms with E-state index in [4.69, 9.17) is 4.74 Å². The van der Waals surface area contributed by atoms with Crippen LogP contribution < -0.4 is 17.7 Å². The minimum atomic E-state index is 0. The minimum Gasteiger partial charge on any atom is -1.00 e. The molecule has 0 aromatic rings. The second-order valence-electron chi connectivity index (χ2n) is 10.1. The summed E-state index contributed by atoms with van der Waals surface area (Å²) in [5, 5.41) is 2.62. The molecule has 1 saturated heterocycles. The van der Waals surface area contributed by atoms with Crippen LogP contribution in [0.1, 0.15) is 155 Å². The van der Waals surface area contributed by atoms with Crippen molar-refractivity contribution in [2.24, 2.45) is 0 Å². The summed E-state index contributed by atoms with van der Waals surface area (Å²) in [5.41, 5.74) is 0. The number of halogens is 1. The molecule has 0 radical (unpaired) electrons. The van der Waals surface area contributed by atoms with Gasteiger partial charge in [0.2, 0.25) is 0 Å². The molecule has 1 heterocycles. The predicted octanol–water partition coefficient (Wildman–Crippen LogP) is 4.94. The van der Waals surface area contributed by atoms with Crippen molar-refractivity contribution in [3.8, 4) is 0 Å². The second kappa shape index (κ2) is 24.8. The third-order valence-electron chi connectivity index (χ3n) is 6.99.